The highest BCUT2D eigenvalue weighted by Crippen LogP contribution is 2.28. The highest BCUT2D eigenvalue weighted by molar-refractivity contribution is 5.97. The number of hydrogen-bond acceptors (Lipinski definition) is 3. The van der Waals surface area contributed by atoms with Crippen molar-refractivity contribution in [2.24, 2.45) is 0 Å². The van der Waals surface area contributed by atoms with E-state index in [-0.39, 0.29) is 11.7 Å². The number of anilines is 1. The Hall–Kier alpha value is -2.49. The molecule has 0 fully saturated rings. The molecule has 1 heterocycles. The number of phenolic OH excluding ortho intramolecular Hbond substituents is 1. The van der Waals surface area contributed by atoms with Crippen LogP contribution >= 0.6 is 0 Å². The molecule has 0 unspecified atom stereocenters. The molecule has 0 saturated carbocycles. The Morgan fingerprint density at radius 3 is 2.58 bits per heavy atom. The molecule has 1 aliphatic heterocycles. The van der Waals surface area contributed by atoms with Crippen molar-refractivity contribution in [1.82, 2.24) is 4.90 Å². The minimum atomic E-state index is -0.118. The summed E-state index contributed by atoms with van der Waals surface area (Å²) >= 11 is 0. The first kappa shape index (κ1) is 16.4. The molecule has 126 valence electrons. The summed E-state index contributed by atoms with van der Waals surface area (Å²) in [5, 5.41) is 10.3. The number of rotatable bonds is 2. The summed E-state index contributed by atoms with van der Waals surface area (Å²) < 4.78 is 0. The molecule has 1 N–H and O–H groups in total. The number of amides is 1. The van der Waals surface area contributed by atoms with Crippen LogP contribution in [0, 0.1) is 0 Å². The Labute approximate surface area is 143 Å². The zero-order valence-corrected chi connectivity index (χ0v) is 14.5. The number of fused-ring (bicyclic) bond motifs is 1. The maximum atomic E-state index is 12.9. The number of phenols is 1. The van der Waals surface area contributed by atoms with Crippen molar-refractivity contribution in [3.8, 4) is 5.75 Å². The zero-order valence-electron chi connectivity index (χ0n) is 14.5. The van der Waals surface area contributed by atoms with Crippen molar-refractivity contribution in [3.05, 3.63) is 59.2 Å². The lowest BCUT2D eigenvalue weighted by Gasteiger charge is -2.22. The number of aromatic hydroxyl groups is 1. The van der Waals surface area contributed by atoms with E-state index >= 15 is 0 Å². The zero-order chi connectivity index (χ0) is 17.3. The van der Waals surface area contributed by atoms with E-state index in [0.717, 1.165) is 23.4 Å². The fourth-order valence-corrected chi connectivity index (χ4v) is 3.13. The van der Waals surface area contributed by atoms with Crippen LogP contribution in [-0.4, -0.2) is 36.1 Å². The van der Waals surface area contributed by atoms with Gasteiger partial charge in [0.15, 0.2) is 0 Å². The molecular weight excluding hydrogens is 300 g/mol. The van der Waals surface area contributed by atoms with Crippen molar-refractivity contribution in [3.63, 3.8) is 0 Å². The molecule has 1 amide bonds. The van der Waals surface area contributed by atoms with Crippen molar-refractivity contribution >= 4 is 11.6 Å². The van der Waals surface area contributed by atoms with Crippen LogP contribution in [0.25, 0.3) is 0 Å². The van der Waals surface area contributed by atoms with Gasteiger partial charge >= 0.3 is 0 Å². The molecule has 4 heteroatoms. The Morgan fingerprint density at radius 2 is 1.88 bits per heavy atom. The van der Waals surface area contributed by atoms with Gasteiger partial charge in [0.25, 0.3) is 5.91 Å². The number of carbonyl (C=O) groups excluding carboxylic acids is 1. The summed E-state index contributed by atoms with van der Waals surface area (Å²) in [6.07, 6.45) is 0. The lowest BCUT2D eigenvalue weighted by Crippen LogP contribution is -2.34. The lowest BCUT2D eigenvalue weighted by atomic mass is 10.0. The number of carbonyl (C=O) groups is 1. The summed E-state index contributed by atoms with van der Waals surface area (Å²) in [6, 6.07) is 13.5. The van der Waals surface area contributed by atoms with Crippen LogP contribution in [0.4, 0.5) is 5.69 Å². The monoisotopic (exact) mass is 324 g/mol. The Kier molecular flexibility index (Phi) is 4.47. The van der Waals surface area contributed by atoms with Crippen molar-refractivity contribution in [2.75, 3.05) is 25.0 Å². The Bertz CT molecular complexity index is 755. The quantitative estimate of drug-likeness (QED) is 0.918. The fourth-order valence-electron chi connectivity index (χ4n) is 3.13. The number of para-hydroxylation sites is 1. The first-order valence-electron chi connectivity index (χ1n) is 8.38. The van der Waals surface area contributed by atoms with Gasteiger partial charge in [-0.05, 0) is 35.2 Å². The molecule has 2 aromatic carbocycles. The van der Waals surface area contributed by atoms with Crippen molar-refractivity contribution in [2.45, 2.75) is 26.3 Å². The van der Waals surface area contributed by atoms with E-state index in [2.05, 4.69) is 30.9 Å². The van der Waals surface area contributed by atoms with E-state index < -0.39 is 0 Å². The SMILES string of the molecule is CC(C)c1ccc(C(=O)N2CCN(C)c3ccccc3C2)c(O)c1. The average molecular weight is 324 g/mol. The van der Waals surface area contributed by atoms with Gasteiger partial charge in [-0.3, -0.25) is 4.79 Å². The second-order valence-corrected chi connectivity index (χ2v) is 6.71. The molecule has 24 heavy (non-hydrogen) atoms. The summed E-state index contributed by atoms with van der Waals surface area (Å²) in [5.41, 5.74) is 3.70. The number of nitrogens with zero attached hydrogens (tertiary/aromatic N) is 2. The minimum absolute atomic E-state index is 0.0667. The van der Waals surface area contributed by atoms with Crippen LogP contribution in [0.2, 0.25) is 0 Å². The van der Waals surface area contributed by atoms with E-state index in [0.29, 0.717) is 24.6 Å². The lowest BCUT2D eigenvalue weighted by molar-refractivity contribution is 0.0748. The molecule has 0 aromatic heterocycles. The van der Waals surface area contributed by atoms with Crippen LogP contribution < -0.4 is 4.90 Å². The maximum absolute atomic E-state index is 12.9. The minimum Gasteiger partial charge on any atom is -0.507 e. The van der Waals surface area contributed by atoms with E-state index in [1.807, 2.05) is 30.1 Å². The van der Waals surface area contributed by atoms with Crippen molar-refractivity contribution in [1.29, 1.82) is 0 Å². The first-order valence-corrected chi connectivity index (χ1v) is 8.38. The molecular formula is C20H24N2O2. The van der Waals surface area contributed by atoms with Crippen LogP contribution in [0.1, 0.15) is 41.3 Å². The van der Waals surface area contributed by atoms with Gasteiger partial charge in [-0.25, -0.2) is 0 Å². The van der Waals surface area contributed by atoms with Gasteiger partial charge in [-0.15, -0.1) is 0 Å². The molecule has 3 rings (SSSR count). The maximum Gasteiger partial charge on any atom is 0.257 e. The highest BCUT2D eigenvalue weighted by atomic mass is 16.3. The molecule has 2 aromatic rings. The van der Waals surface area contributed by atoms with Gasteiger partial charge < -0.3 is 14.9 Å². The van der Waals surface area contributed by atoms with E-state index in [1.54, 1.807) is 12.1 Å². The van der Waals surface area contributed by atoms with Crippen LogP contribution in [-0.2, 0) is 6.54 Å². The molecule has 0 saturated heterocycles. The summed E-state index contributed by atoms with van der Waals surface area (Å²) in [4.78, 5) is 16.9. The molecule has 0 bridgehead atoms. The van der Waals surface area contributed by atoms with Gasteiger partial charge in [0, 0.05) is 32.4 Å². The van der Waals surface area contributed by atoms with E-state index in [4.69, 9.17) is 0 Å². The topological polar surface area (TPSA) is 43.8 Å². The van der Waals surface area contributed by atoms with Gasteiger partial charge in [0.2, 0.25) is 0 Å². The third kappa shape index (κ3) is 3.09. The summed E-state index contributed by atoms with van der Waals surface area (Å²) in [6.45, 7) is 6.10. The number of benzene rings is 2. The smallest absolute Gasteiger partial charge is 0.257 e. The van der Waals surface area contributed by atoms with Crippen LogP contribution in [0.5, 0.6) is 5.75 Å². The van der Waals surface area contributed by atoms with Crippen LogP contribution in [0.15, 0.2) is 42.5 Å². The highest BCUT2D eigenvalue weighted by Gasteiger charge is 2.24. The van der Waals surface area contributed by atoms with Crippen LogP contribution in [0.3, 0.4) is 0 Å². The molecule has 1 aliphatic rings. The van der Waals surface area contributed by atoms with E-state index in [9.17, 15) is 9.90 Å². The third-order valence-electron chi connectivity index (χ3n) is 4.68. The number of hydrogen-bond donors (Lipinski definition) is 1. The fraction of sp³-hybridized carbons (Fsp3) is 0.350. The summed E-state index contributed by atoms with van der Waals surface area (Å²) in [7, 11) is 2.04. The second-order valence-electron chi connectivity index (χ2n) is 6.71. The normalized spacial score (nSPS) is 14.5. The molecule has 0 radical (unpaired) electrons. The third-order valence-corrected chi connectivity index (χ3v) is 4.68. The largest absolute Gasteiger partial charge is 0.507 e. The molecule has 4 nitrogen and oxygen atoms in total. The standard InChI is InChI=1S/C20H24N2O2/c1-14(2)15-8-9-17(19(23)12-15)20(24)22-11-10-21(3)18-7-5-4-6-16(18)13-22/h4-9,12,14,23H,10-11,13H2,1-3H3. The predicted molar refractivity (Wildman–Crippen MR) is 96.6 cm³/mol. The van der Waals surface area contributed by atoms with Gasteiger partial charge in [-0.1, -0.05) is 38.1 Å². The first-order chi connectivity index (χ1) is 11.5. The average Bonchev–Trinajstić information content (AvgIpc) is 2.74. The molecule has 0 atom stereocenters. The second kappa shape index (κ2) is 6.56. The van der Waals surface area contributed by atoms with Gasteiger partial charge in [0.05, 0.1) is 5.56 Å². The van der Waals surface area contributed by atoms with Gasteiger partial charge in [-0.2, -0.15) is 0 Å². The Balaban J connectivity index is 1.88. The van der Waals surface area contributed by atoms with Gasteiger partial charge in [0.1, 0.15) is 5.75 Å². The summed E-state index contributed by atoms with van der Waals surface area (Å²) in [5.74, 6) is 0.267. The molecule has 0 spiro atoms. The van der Waals surface area contributed by atoms with Crippen molar-refractivity contribution < 1.29 is 9.90 Å². The molecule has 0 aliphatic carbocycles. The number of likely N-dealkylation sites (N-methyl/N-ethyl adjacent to an activating group) is 1. The predicted octanol–water partition coefficient (Wildman–Crippen LogP) is 3.61. The Morgan fingerprint density at radius 1 is 1.12 bits per heavy atom. The van der Waals surface area contributed by atoms with E-state index in [1.165, 1.54) is 0 Å².